The molecule has 2 aromatic rings. The highest BCUT2D eigenvalue weighted by atomic mass is 16.5. The maximum atomic E-state index is 6.04. The zero-order valence-electron chi connectivity index (χ0n) is 9.97. The predicted molar refractivity (Wildman–Crippen MR) is 65.4 cm³/mol. The van der Waals surface area contributed by atoms with E-state index in [1.165, 1.54) is 5.56 Å². The van der Waals surface area contributed by atoms with Crippen LogP contribution in [0.15, 0.2) is 34.9 Å². The number of aromatic nitrogens is 2. The Morgan fingerprint density at radius 3 is 2.76 bits per heavy atom. The largest absolute Gasteiger partial charge is 0.338 e. The van der Waals surface area contributed by atoms with E-state index in [1.54, 1.807) is 0 Å². The molecular formula is C13H17N3O. The molecule has 2 rings (SSSR count). The lowest BCUT2D eigenvalue weighted by Gasteiger charge is -2.05. The number of rotatable bonds is 5. The van der Waals surface area contributed by atoms with Crippen LogP contribution in [0.5, 0.6) is 0 Å². The van der Waals surface area contributed by atoms with Crippen molar-refractivity contribution in [3.05, 3.63) is 47.6 Å². The lowest BCUT2D eigenvalue weighted by atomic mass is 10.1. The maximum absolute atomic E-state index is 6.04. The van der Waals surface area contributed by atoms with Crippen LogP contribution in [0.2, 0.25) is 0 Å². The molecule has 0 aliphatic rings. The van der Waals surface area contributed by atoms with Gasteiger partial charge >= 0.3 is 0 Å². The van der Waals surface area contributed by atoms with Crippen LogP contribution < -0.4 is 5.73 Å². The van der Waals surface area contributed by atoms with Gasteiger partial charge < -0.3 is 10.3 Å². The molecule has 0 unspecified atom stereocenters. The summed E-state index contributed by atoms with van der Waals surface area (Å²) in [5.41, 5.74) is 7.22. The monoisotopic (exact) mass is 231 g/mol. The standard InChI is InChI=1S/C13H17N3O/c1-2-6-12-15-13(17-16-12)11(14)9-10-7-4-3-5-8-10/h3-5,7-8,11H,2,6,9,14H2,1H3/t11-/m0/s1. The molecule has 17 heavy (non-hydrogen) atoms. The molecular weight excluding hydrogens is 214 g/mol. The fourth-order valence-corrected chi connectivity index (χ4v) is 1.70. The van der Waals surface area contributed by atoms with E-state index < -0.39 is 0 Å². The summed E-state index contributed by atoms with van der Waals surface area (Å²) >= 11 is 0. The summed E-state index contributed by atoms with van der Waals surface area (Å²) in [7, 11) is 0. The normalized spacial score (nSPS) is 12.6. The SMILES string of the molecule is CCCc1noc([C@@H](N)Cc2ccccc2)n1. The van der Waals surface area contributed by atoms with Crippen molar-refractivity contribution in [3.8, 4) is 0 Å². The van der Waals surface area contributed by atoms with Crippen molar-refractivity contribution in [2.75, 3.05) is 0 Å². The summed E-state index contributed by atoms with van der Waals surface area (Å²) in [6.45, 7) is 2.08. The van der Waals surface area contributed by atoms with Gasteiger partial charge in [-0.1, -0.05) is 42.4 Å². The zero-order chi connectivity index (χ0) is 12.1. The van der Waals surface area contributed by atoms with E-state index in [1.807, 2.05) is 30.3 Å². The van der Waals surface area contributed by atoms with E-state index in [0.717, 1.165) is 18.7 Å². The van der Waals surface area contributed by atoms with Crippen molar-refractivity contribution >= 4 is 0 Å². The third-order valence-electron chi connectivity index (χ3n) is 2.57. The average molecular weight is 231 g/mol. The van der Waals surface area contributed by atoms with E-state index in [9.17, 15) is 0 Å². The second-order valence-electron chi connectivity index (χ2n) is 4.10. The van der Waals surface area contributed by atoms with Crippen LogP contribution >= 0.6 is 0 Å². The number of hydrogen-bond acceptors (Lipinski definition) is 4. The van der Waals surface area contributed by atoms with E-state index in [4.69, 9.17) is 10.3 Å². The minimum absolute atomic E-state index is 0.226. The minimum Gasteiger partial charge on any atom is -0.338 e. The van der Waals surface area contributed by atoms with Gasteiger partial charge in [0.2, 0.25) is 5.89 Å². The van der Waals surface area contributed by atoms with Gasteiger partial charge in [0.1, 0.15) is 0 Å². The predicted octanol–water partition coefficient (Wildman–Crippen LogP) is 2.26. The number of nitrogens with zero attached hydrogens (tertiary/aromatic N) is 2. The van der Waals surface area contributed by atoms with Crippen molar-refractivity contribution in [3.63, 3.8) is 0 Å². The molecule has 90 valence electrons. The lowest BCUT2D eigenvalue weighted by molar-refractivity contribution is 0.350. The Hall–Kier alpha value is -1.68. The van der Waals surface area contributed by atoms with Gasteiger partial charge in [0.15, 0.2) is 5.82 Å². The first-order valence-corrected chi connectivity index (χ1v) is 5.91. The van der Waals surface area contributed by atoms with Gasteiger partial charge in [-0.25, -0.2) is 0 Å². The van der Waals surface area contributed by atoms with Crippen LogP contribution in [-0.2, 0) is 12.8 Å². The molecule has 0 aliphatic carbocycles. The Morgan fingerprint density at radius 2 is 2.06 bits per heavy atom. The smallest absolute Gasteiger partial charge is 0.243 e. The molecule has 0 bridgehead atoms. The van der Waals surface area contributed by atoms with Gasteiger partial charge in [-0.15, -0.1) is 0 Å². The minimum atomic E-state index is -0.226. The van der Waals surface area contributed by atoms with Gasteiger partial charge in [0.25, 0.3) is 0 Å². The topological polar surface area (TPSA) is 64.9 Å². The highest BCUT2D eigenvalue weighted by Crippen LogP contribution is 2.14. The third-order valence-corrected chi connectivity index (χ3v) is 2.57. The first-order chi connectivity index (χ1) is 8.29. The Labute approximate surface area is 101 Å². The Balaban J connectivity index is 2.01. The second kappa shape index (κ2) is 5.59. The van der Waals surface area contributed by atoms with E-state index in [-0.39, 0.29) is 6.04 Å². The molecule has 2 N–H and O–H groups in total. The lowest BCUT2D eigenvalue weighted by Crippen LogP contribution is -2.13. The first kappa shape index (κ1) is 11.8. The van der Waals surface area contributed by atoms with Crippen LogP contribution in [0.4, 0.5) is 0 Å². The van der Waals surface area contributed by atoms with E-state index in [2.05, 4.69) is 17.1 Å². The maximum Gasteiger partial charge on any atom is 0.243 e. The van der Waals surface area contributed by atoms with Crippen molar-refractivity contribution < 1.29 is 4.52 Å². The highest BCUT2D eigenvalue weighted by Gasteiger charge is 2.14. The second-order valence-corrected chi connectivity index (χ2v) is 4.10. The zero-order valence-corrected chi connectivity index (χ0v) is 9.97. The van der Waals surface area contributed by atoms with Crippen LogP contribution in [-0.4, -0.2) is 10.1 Å². The fraction of sp³-hybridized carbons (Fsp3) is 0.385. The Kier molecular flexibility index (Phi) is 3.88. The highest BCUT2D eigenvalue weighted by molar-refractivity contribution is 5.16. The molecule has 1 atom stereocenters. The summed E-state index contributed by atoms with van der Waals surface area (Å²) in [4.78, 5) is 4.29. The quantitative estimate of drug-likeness (QED) is 0.857. The average Bonchev–Trinajstić information content (AvgIpc) is 2.79. The molecule has 0 radical (unpaired) electrons. The number of aryl methyl sites for hydroxylation is 1. The molecule has 0 fully saturated rings. The van der Waals surface area contributed by atoms with Gasteiger partial charge in [0, 0.05) is 6.42 Å². The number of hydrogen-bond donors (Lipinski definition) is 1. The molecule has 1 heterocycles. The Bertz CT molecular complexity index is 453. The molecule has 0 spiro atoms. The molecule has 0 saturated heterocycles. The summed E-state index contributed by atoms with van der Waals surface area (Å²) in [5, 5.41) is 3.90. The van der Waals surface area contributed by atoms with Crippen LogP contribution in [0.3, 0.4) is 0 Å². The molecule has 1 aromatic carbocycles. The summed E-state index contributed by atoms with van der Waals surface area (Å²) < 4.78 is 5.17. The van der Waals surface area contributed by atoms with Gasteiger partial charge in [-0.3, -0.25) is 0 Å². The summed E-state index contributed by atoms with van der Waals surface area (Å²) in [6.07, 6.45) is 2.56. The van der Waals surface area contributed by atoms with Gasteiger partial charge in [-0.2, -0.15) is 4.98 Å². The van der Waals surface area contributed by atoms with Crippen molar-refractivity contribution in [1.29, 1.82) is 0 Å². The van der Waals surface area contributed by atoms with E-state index in [0.29, 0.717) is 12.3 Å². The molecule has 0 saturated carbocycles. The fourth-order valence-electron chi connectivity index (χ4n) is 1.70. The van der Waals surface area contributed by atoms with Crippen LogP contribution in [0.25, 0.3) is 0 Å². The van der Waals surface area contributed by atoms with Crippen LogP contribution in [0, 0.1) is 0 Å². The van der Waals surface area contributed by atoms with Gasteiger partial charge in [-0.05, 0) is 18.4 Å². The number of benzene rings is 1. The van der Waals surface area contributed by atoms with Crippen molar-refractivity contribution in [2.24, 2.45) is 5.73 Å². The van der Waals surface area contributed by atoms with E-state index >= 15 is 0 Å². The number of nitrogens with two attached hydrogens (primary N) is 1. The molecule has 0 amide bonds. The Morgan fingerprint density at radius 1 is 1.29 bits per heavy atom. The van der Waals surface area contributed by atoms with Gasteiger partial charge in [0.05, 0.1) is 6.04 Å². The molecule has 4 heteroatoms. The molecule has 1 aromatic heterocycles. The summed E-state index contributed by atoms with van der Waals surface area (Å²) in [6, 6.07) is 9.85. The molecule has 4 nitrogen and oxygen atoms in total. The molecule has 0 aliphatic heterocycles. The van der Waals surface area contributed by atoms with Crippen molar-refractivity contribution in [2.45, 2.75) is 32.2 Å². The van der Waals surface area contributed by atoms with Crippen molar-refractivity contribution in [1.82, 2.24) is 10.1 Å². The van der Waals surface area contributed by atoms with Crippen LogP contribution in [0.1, 0.15) is 36.7 Å². The first-order valence-electron chi connectivity index (χ1n) is 5.91. The summed E-state index contributed by atoms with van der Waals surface area (Å²) in [5.74, 6) is 1.27. The third kappa shape index (κ3) is 3.14.